The second-order valence-corrected chi connectivity index (χ2v) is 9.79. The molecule has 0 saturated carbocycles. The normalized spacial score (nSPS) is 20.5. The Kier molecular flexibility index (Phi) is 7.86. The molecule has 2 saturated heterocycles. The predicted molar refractivity (Wildman–Crippen MR) is 148 cm³/mol. The Hall–Kier alpha value is -3.94. The van der Waals surface area contributed by atoms with Gasteiger partial charge >= 0.3 is 0 Å². The lowest BCUT2D eigenvalue weighted by Crippen LogP contribution is -2.49. The van der Waals surface area contributed by atoms with Crippen LogP contribution in [0.5, 0.6) is 5.75 Å². The highest BCUT2D eigenvalue weighted by Gasteiger charge is 2.24. The molecule has 198 valence electrons. The van der Waals surface area contributed by atoms with Crippen LogP contribution in [0.3, 0.4) is 0 Å². The molecule has 3 aromatic rings. The summed E-state index contributed by atoms with van der Waals surface area (Å²) in [5.41, 5.74) is 8.27. The summed E-state index contributed by atoms with van der Waals surface area (Å²) in [7, 11) is 0. The molecule has 0 radical (unpaired) electrons. The highest BCUT2D eigenvalue weighted by atomic mass is 16.5. The van der Waals surface area contributed by atoms with E-state index < -0.39 is 0 Å². The number of aromatic nitrogens is 4. The van der Waals surface area contributed by atoms with E-state index in [9.17, 15) is 5.11 Å². The van der Waals surface area contributed by atoms with Crippen molar-refractivity contribution in [3.8, 4) is 28.8 Å². The van der Waals surface area contributed by atoms with Crippen LogP contribution in [-0.4, -0.2) is 88.2 Å². The minimum absolute atomic E-state index is 0.163. The zero-order chi connectivity index (χ0) is 26.5. The van der Waals surface area contributed by atoms with Crippen molar-refractivity contribution in [2.24, 2.45) is 0 Å². The molecule has 3 N–H and O–H groups in total. The van der Waals surface area contributed by atoms with Crippen molar-refractivity contribution < 1.29 is 9.84 Å². The number of para-hydroxylation sites is 1. The molecule has 10 nitrogen and oxygen atoms in total. The Morgan fingerprint density at radius 2 is 1.79 bits per heavy atom. The van der Waals surface area contributed by atoms with Crippen molar-refractivity contribution in [2.75, 3.05) is 61.5 Å². The second kappa shape index (κ2) is 11.6. The van der Waals surface area contributed by atoms with Gasteiger partial charge in [0.15, 0.2) is 5.82 Å². The third-order valence-corrected chi connectivity index (χ3v) is 7.10. The minimum Gasteiger partial charge on any atom is -0.507 e. The van der Waals surface area contributed by atoms with E-state index in [0.29, 0.717) is 41.5 Å². The molecular formula is C28H34N8O2. The number of anilines is 3. The van der Waals surface area contributed by atoms with E-state index in [0.717, 1.165) is 57.3 Å². The van der Waals surface area contributed by atoms with Gasteiger partial charge in [-0.1, -0.05) is 18.1 Å². The molecule has 10 heteroatoms. The van der Waals surface area contributed by atoms with Crippen LogP contribution >= 0.6 is 0 Å². The van der Waals surface area contributed by atoms with Gasteiger partial charge in [0.25, 0.3) is 0 Å². The van der Waals surface area contributed by atoms with Crippen molar-refractivity contribution in [2.45, 2.75) is 32.4 Å². The van der Waals surface area contributed by atoms with Crippen LogP contribution in [0.1, 0.15) is 26.1 Å². The zero-order valence-corrected chi connectivity index (χ0v) is 21.9. The van der Waals surface area contributed by atoms with E-state index in [1.165, 1.54) is 0 Å². The number of phenolic OH excluding ortho intramolecular Hbond substituents is 1. The first-order chi connectivity index (χ1) is 18.5. The van der Waals surface area contributed by atoms with Crippen LogP contribution in [0.2, 0.25) is 0 Å². The molecule has 38 heavy (non-hydrogen) atoms. The SMILES string of the molecule is C[C@@H]1COC[C@H](C)N1CC#Cc1nccc(N2CCCN(c3cc(-c4ccccc4O)nnc3N)CC2)n1. The molecule has 0 unspecified atom stereocenters. The summed E-state index contributed by atoms with van der Waals surface area (Å²) < 4.78 is 5.61. The maximum Gasteiger partial charge on any atom is 0.206 e. The number of aromatic hydroxyl groups is 1. The Bertz CT molecular complexity index is 1310. The summed E-state index contributed by atoms with van der Waals surface area (Å²) in [6.07, 6.45) is 2.70. The smallest absolute Gasteiger partial charge is 0.206 e. The van der Waals surface area contributed by atoms with Crippen molar-refractivity contribution in [1.29, 1.82) is 0 Å². The first kappa shape index (κ1) is 25.7. The molecule has 2 aliphatic rings. The number of phenols is 1. The fourth-order valence-electron chi connectivity index (χ4n) is 5.00. The maximum atomic E-state index is 10.3. The lowest BCUT2D eigenvalue weighted by atomic mass is 10.1. The number of rotatable bonds is 4. The van der Waals surface area contributed by atoms with Crippen LogP contribution in [0, 0.1) is 11.8 Å². The monoisotopic (exact) mass is 514 g/mol. The third kappa shape index (κ3) is 5.79. The molecule has 0 aliphatic carbocycles. The summed E-state index contributed by atoms with van der Waals surface area (Å²) in [6.45, 7) is 9.66. The van der Waals surface area contributed by atoms with E-state index in [1.807, 2.05) is 24.3 Å². The molecule has 2 aliphatic heterocycles. The average molecular weight is 515 g/mol. The zero-order valence-electron chi connectivity index (χ0n) is 21.9. The van der Waals surface area contributed by atoms with Crippen molar-refractivity contribution in [1.82, 2.24) is 25.1 Å². The van der Waals surface area contributed by atoms with E-state index in [4.69, 9.17) is 15.5 Å². The number of benzene rings is 1. The van der Waals surface area contributed by atoms with Crippen LogP contribution in [-0.2, 0) is 4.74 Å². The van der Waals surface area contributed by atoms with Gasteiger partial charge in [-0.2, -0.15) is 0 Å². The van der Waals surface area contributed by atoms with Crippen LogP contribution < -0.4 is 15.5 Å². The summed E-state index contributed by atoms with van der Waals surface area (Å²) in [4.78, 5) is 16.0. The lowest BCUT2D eigenvalue weighted by molar-refractivity contribution is -0.0296. The van der Waals surface area contributed by atoms with E-state index in [2.05, 4.69) is 55.6 Å². The minimum atomic E-state index is 0.163. The molecule has 2 aromatic heterocycles. The average Bonchev–Trinajstić information content (AvgIpc) is 3.18. The first-order valence-electron chi connectivity index (χ1n) is 13.1. The molecule has 0 amide bonds. The summed E-state index contributed by atoms with van der Waals surface area (Å²) in [5.74, 6) is 8.35. The van der Waals surface area contributed by atoms with Gasteiger partial charge in [-0.15, -0.1) is 10.2 Å². The topological polar surface area (TPSA) is 117 Å². The fraction of sp³-hybridized carbons (Fsp3) is 0.429. The highest BCUT2D eigenvalue weighted by Crippen LogP contribution is 2.31. The Morgan fingerprint density at radius 1 is 1.03 bits per heavy atom. The summed E-state index contributed by atoms with van der Waals surface area (Å²) in [6, 6.07) is 11.6. The second-order valence-electron chi connectivity index (χ2n) is 9.79. The third-order valence-electron chi connectivity index (χ3n) is 7.10. The van der Waals surface area contributed by atoms with Gasteiger partial charge in [0.2, 0.25) is 5.82 Å². The fourth-order valence-corrected chi connectivity index (χ4v) is 5.00. The van der Waals surface area contributed by atoms with Crippen molar-refractivity contribution in [3.05, 3.63) is 48.4 Å². The number of ether oxygens (including phenoxy) is 1. The highest BCUT2D eigenvalue weighted by molar-refractivity contribution is 5.74. The Balaban J connectivity index is 1.27. The number of morpholine rings is 1. The van der Waals surface area contributed by atoms with Crippen molar-refractivity contribution >= 4 is 17.3 Å². The number of hydrogen-bond donors (Lipinski definition) is 2. The van der Waals surface area contributed by atoms with Gasteiger partial charge in [-0.3, -0.25) is 4.90 Å². The summed E-state index contributed by atoms with van der Waals surface area (Å²) in [5, 5.41) is 18.6. The number of nitrogen functional groups attached to an aromatic ring is 1. The number of nitrogens with zero attached hydrogens (tertiary/aromatic N) is 7. The summed E-state index contributed by atoms with van der Waals surface area (Å²) >= 11 is 0. The van der Waals surface area contributed by atoms with Crippen molar-refractivity contribution in [3.63, 3.8) is 0 Å². The van der Waals surface area contributed by atoms with Gasteiger partial charge in [0, 0.05) is 50.0 Å². The van der Waals surface area contributed by atoms with Gasteiger partial charge in [0.05, 0.1) is 31.1 Å². The lowest BCUT2D eigenvalue weighted by Gasteiger charge is -2.37. The number of hydrogen-bond acceptors (Lipinski definition) is 10. The molecule has 2 fully saturated rings. The quantitative estimate of drug-likeness (QED) is 0.503. The first-order valence-corrected chi connectivity index (χ1v) is 13.1. The Morgan fingerprint density at radius 3 is 2.61 bits per heavy atom. The molecule has 4 heterocycles. The van der Waals surface area contributed by atoms with Crippen LogP contribution in [0.4, 0.5) is 17.3 Å². The van der Waals surface area contributed by atoms with Crippen LogP contribution in [0.25, 0.3) is 11.3 Å². The predicted octanol–water partition coefficient (Wildman–Crippen LogP) is 2.40. The molecule has 0 bridgehead atoms. The maximum absolute atomic E-state index is 10.3. The van der Waals surface area contributed by atoms with Crippen LogP contribution in [0.15, 0.2) is 42.6 Å². The van der Waals surface area contributed by atoms with Gasteiger partial charge < -0.3 is 25.4 Å². The van der Waals surface area contributed by atoms with Gasteiger partial charge in [-0.05, 0) is 50.5 Å². The molecule has 0 spiro atoms. The standard InChI is InChI=1S/C28H34N8O2/c1-20-18-38-19-21(2)36(20)14-5-9-26-30-11-10-27(31-26)35-13-6-12-34(15-16-35)24-17-23(32-33-28(24)29)22-7-3-4-8-25(22)37/h3-4,7-8,10-11,17,20-21,37H,6,12-16,18-19H2,1-2H3,(H2,29,33)/t20-,21+. The van der Waals surface area contributed by atoms with Gasteiger partial charge in [0.1, 0.15) is 11.6 Å². The van der Waals surface area contributed by atoms with E-state index in [-0.39, 0.29) is 5.75 Å². The molecule has 1 aromatic carbocycles. The van der Waals surface area contributed by atoms with E-state index in [1.54, 1.807) is 18.3 Å². The van der Waals surface area contributed by atoms with E-state index >= 15 is 0 Å². The largest absolute Gasteiger partial charge is 0.507 e. The molecule has 2 atom stereocenters. The Labute approximate surface area is 223 Å². The van der Waals surface area contributed by atoms with Gasteiger partial charge in [-0.25, -0.2) is 9.97 Å². The molecule has 5 rings (SSSR count). The molecular weight excluding hydrogens is 480 g/mol. The number of nitrogens with two attached hydrogens (primary N) is 1.